The van der Waals surface area contributed by atoms with Gasteiger partial charge >= 0.3 is 6.18 Å². The summed E-state index contributed by atoms with van der Waals surface area (Å²) in [5.41, 5.74) is 9.33. The number of rotatable bonds is 9. The Labute approximate surface area is 217 Å². The Kier molecular flexibility index (Phi) is 12.6. The van der Waals surface area contributed by atoms with Gasteiger partial charge in [0.15, 0.2) is 7.28 Å². The average Bonchev–Trinajstić information content (AvgIpc) is 2.88. The molecule has 0 aliphatic carbocycles. The molecule has 3 N–H and O–H groups in total. The molecule has 1 saturated heterocycles. The molecular formula is C30H43BF3N2. The van der Waals surface area contributed by atoms with Crippen LogP contribution in [-0.4, -0.2) is 13.8 Å². The van der Waals surface area contributed by atoms with Crippen LogP contribution in [0, 0.1) is 5.92 Å². The van der Waals surface area contributed by atoms with Crippen molar-refractivity contribution in [1.29, 1.82) is 0 Å². The molecule has 1 aliphatic heterocycles. The van der Waals surface area contributed by atoms with Crippen molar-refractivity contribution in [3.63, 3.8) is 0 Å². The quantitative estimate of drug-likeness (QED) is 0.346. The number of piperidine rings is 1. The van der Waals surface area contributed by atoms with Gasteiger partial charge < -0.3 is 11.1 Å². The van der Waals surface area contributed by atoms with E-state index in [1.165, 1.54) is 37.0 Å². The minimum Gasteiger partial charge on any atom is -0.402 e. The van der Waals surface area contributed by atoms with Crippen LogP contribution in [0.3, 0.4) is 0 Å². The van der Waals surface area contributed by atoms with Crippen LogP contribution in [-0.2, 0) is 6.18 Å². The highest BCUT2D eigenvalue weighted by atomic mass is 19.4. The number of alkyl halides is 3. The van der Waals surface area contributed by atoms with Crippen molar-refractivity contribution in [3.05, 3.63) is 77.0 Å². The van der Waals surface area contributed by atoms with Gasteiger partial charge in [-0.05, 0) is 74.1 Å². The van der Waals surface area contributed by atoms with Gasteiger partial charge in [-0.1, -0.05) is 88.0 Å². The summed E-state index contributed by atoms with van der Waals surface area (Å²) in [6.45, 7) is 9.11. The number of nitrogens with one attached hydrogen (secondary N) is 1. The van der Waals surface area contributed by atoms with Crippen LogP contribution in [0.5, 0.6) is 0 Å². The molecule has 1 fully saturated rings. The highest BCUT2D eigenvalue weighted by Crippen LogP contribution is 2.31. The Morgan fingerprint density at radius 1 is 1.11 bits per heavy atom. The third-order valence-electron chi connectivity index (χ3n) is 6.95. The van der Waals surface area contributed by atoms with Gasteiger partial charge in [0.25, 0.3) is 0 Å². The fraction of sp³-hybridized carbons (Fsp3) is 0.533. The Morgan fingerprint density at radius 2 is 1.83 bits per heavy atom. The lowest BCUT2D eigenvalue weighted by molar-refractivity contribution is -0.137. The topological polar surface area (TPSA) is 38.0 Å². The van der Waals surface area contributed by atoms with E-state index in [2.05, 4.69) is 48.6 Å². The van der Waals surface area contributed by atoms with E-state index in [9.17, 15) is 13.2 Å². The van der Waals surface area contributed by atoms with E-state index in [0.29, 0.717) is 11.5 Å². The summed E-state index contributed by atoms with van der Waals surface area (Å²) in [7, 11) is 1.82. The van der Waals surface area contributed by atoms with Gasteiger partial charge in [-0.15, -0.1) is 0 Å². The van der Waals surface area contributed by atoms with Crippen LogP contribution >= 0.6 is 0 Å². The van der Waals surface area contributed by atoms with Crippen LogP contribution in [0.25, 0.3) is 0 Å². The van der Waals surface area contributed by atoms with Gasteiger partial charge in [-0.3, -0.25) is 0 Å². The summed E-state index contributed by atoms with van der Waals surface area (Å²) >= 11 is 0. The fourth-order valence-electron chi connectivity index (χ4n) is 4.58. The summed E-state index contributed by atoms with van der Waals surface area (Å²) in [6, 6.07) is 15.7. The maximum atomic E-state index is 12.7. The zero-order chi connectivity index (χ0) is 26.6. The van der Waals surface area contributed by atoms with Gasteiger partial charge in [0, 0.05) is 11.7 Å². The van der Waals surface area contributed by atoms with E-state index in [-0.39, 0.29) is 5.92 Å². The summed E-state index contributed by atoms with van der Waals surface area (Å²) in [5, 5.41) is 3.68. The van der Waals surface area contributed by atoms with Crippen LogP contribution in [0.4, 0.5) is 13.2 Å². The van der Waals surface area contributed by atoms with Gasteiger partial charge in [0.1, 0.15) is 0 Å². The van der Waals surface area contributed by atoms with Gasteiger partial charge in [-0.25, -0.2) is 0 Å². The van der Waals surface area contributed by atoms with Gasteiger partial charge in [-0.2, -0.15) is 13.2 Å². The second kappa shape index (κ2) is 15.1. The maximum absolute atomic E-state index is 12.7. The number of nitrogens with two attached hydrogens (primary N) is 1. The van der Waals surface area contributed by atoms with Gasteiger partial charge in [0.2, 0.25) is 0 Å². The molecule has 0 spiro atoms. The highest BCUT2D eigenvalue weighted by Gasteiger charge is 2.31. The van der Waals surface area contributed by atoms with Crippen molar-refractivity contribution in [2.75, 3.05) is 6.54 Å². The number of hydrogen-bond donors (Lipinski definition) is 2. The molecule has 197 valence electrons. The monoisotopic (exact) mass is 499 g/mol. The number of hydrogen-bond acceptors (Lipinski definition) is 2. The molecule has 36 heavy (non-hydrogen) atoms. The first-order valence-corrected chi connectivity index (χ1v) is 13.5. The Balaban J connectivity index is 0.000000255. The van der Waals surface area contributed by atoms with Crippen LogP contribution in [0.1, 0.15) is 94.9 Å². The highest BCUT2D eigenvalue weighted by molar-refractivity contribution is 6.53. The lowest BCUT2D eigenvalue weighted by Crippen LogP contribution is -2.33. The molecule has 2 nitrogen and oxygen atoms in total. The maximum Gasteiger partial charge on any atom is 0.416 e. The second-order valence-electron chi connectivity index (χ2n) is 9.85. The number of benzene rings is 2. The minimum absolute atomic E-state index is 0.154. The molecule has 2 aromatic carbocycles. The molecule has 0 amide bonds. The molecule has 3 atom stereocenters. The third-order valence-corrected chi connectivity index (χ3v) is 6.95. The van der Waals surface area contributed by atoms with E-state index in [0.717, 1.165) is 49.3 Å². The predicted octanol–water partition coefficient (Wildman–Crippen LogP) is 7.75. The molecule has 1 radical (unpaired) electrons. The minimum atomic E-state index is -4.26. The van der Waals surface area contributed by atoms with Crippen molar-refractivity contribution in [2.24, 2.45) is 11.7 Å². The van der Waals surface area contributed by atoms with Crippen molar-refractivity contribution < 1.29 is 13.2 Å². The van der Waals surface area contributed by atoms with Crippen LogP contribution in [0.2, 0.25) is 6.32 Å². The molecular weight excluding hydrogens is 456 g/mol. The number of allylic oxidation sites excluding steroid dienone is 2. The first kappa shape index (κ1) is 30.0. The normalized spacial score (nSPS) is 19.2. The summed E-state index contributed by atoms with van der Waals surface area (Å²) in [4.78, 5) is 0. The smallest absolute Gasteiger partial charge is 0.402 e. The Hall–Kier alpha value is -2.21. The van der Waals surface area contributed by atoms with Crippen molar-refractivity contribution in [3.8, 4) is 0 Å². The van der Waals surface area contributed by atoms with Crippen molar-refractivity contribution >= 4 is 12.7 Å². The van der Waals surface area contributed by atoms with Crippen molar-refractivity contribution in [2.45, 2.75) is 90.7 Å². The van der Waals surface area contributed by atoms with Gasteiger partial charge in [0.05, 0.1) is 5.56 Å². The average molecular weight is 499 g/mol. The fourth-order valence-corrected chi connectivity index (χ4v) is 4.58. The predicted molar refractivity (Wildman–Crippen MR) is 148 cm³/mol. The molecule has 2 aromatic rings. The van der Waals surface area contributed by atoms with E-state index >= 15 is 0 Å². The molecule has 0 aromatic heterocycles. The van der Waals surface area contributed by atoms with E-state index < -0.39 is 11.7 Å². The molecule has 3 rings (SSSR count). The van der Waals surface area contributed by atoms with E-state index in [1.807, 2.05) is 34.1 Å². The van der Waals surface area contributed by atoms with E-state index in [1.54, 1.807) is 0 Å². The summed E-state index contributed by atoms with van der Waals surface area (Å²) < 4.78 is 38.2. The first-order valence-electron chi connectivity index (χ1n) is 13.5. The third kappa shape index (κ3) is 10.0. The standard InChI is InChI=1S/C17H26N2.C13H17BF3/c1-2-6-16(18)11-9-14-10-12-17(19-13-14)15-7-4-3-5-8-15;1-4-9(3)10-6-11(13(15,16)17)8-12(7-10)14-5-2/h3-8,14,17,19H,2,9-13,18H2,1H3;6-9H,4-5H2,1-3H3/b16-6+;. The molecule has 3 unspecified atom stereocenters. The Morgan fingerprint density at radius 3 is 2.39 bits per heavy atom. The SMILES string of the molecule is CC/C=C(/N)CCC1CCC(c2ccccc2)NC1.CC[B]c1cc(C(C)CC)cc(C(F)(F)F)c1. The zero-order valence-electron chi connectivity index (χ0n) is 22.4. The Bertz CT molecular complexity index is 920. The second-order valence-corrected chi connectivity index (χ2v) is 9.85. The van der Waals surface area contributed by atoms with Crippen molar-refractivity contribution in [1.82, 2.24) is 5.32 Å². The molecule has 0 saturated carbocycles. The summed E-state index contributed by atoms with van der Waals surface area (Å²) in [5.74, 6) is 0.935. The molecule has 0 bridgehead atoms. The van der Waals surface area contributed by atoms with Crippen LogP contribution < -0.4 is 16.5 Å². The largest absolute Gasteiger partial charge is 0.416 e. The lowest BCUT2D eigenvalue weighted by Gasteiger charge is -2.30. The first-order chi connectivity index (χ1) is 17.2. The molecule has 6 heteroatoms. The zero-order valence-corrected chi connectivity index (χ0v) is 22.4. The lowest BCUT2D eigenvalue weighted by atomic mass is 9.67. The van der Waals surface area contributed by atoms with E-state index in [4.69, 9.17) is 5.73 Å². The number of halogens is 3. The molecule has 1 heterocycles. The molecule has 1 aliphatic rings. The summed E-state index contributed by atoms with van der Waals surface area (Å²) in [6.07, 6.45) is 5.33. The van der Waals surface area contributed by atoms with Crippen LogP contribution in [0.15, 0.2) is 60.3 Å².